The second-order valence-corrected chi connectivity index (χ2v) is 5.24. The van der Waals surface area contributed by atoms with Gasteiger partial charge in [-0.1, -0.05) is 0 Å². The first kappa shape index (κ1) is 10.4. The summed E-state index contributed by atoms with van der Waals surface area (Å²) in [5.74, 6) is 0. The largest absolute Gasteiger partial charge is 0.392 e. The zero-order chi connectivity index (χ0) is 10.2. The van der Waals surface area contributed by atoms with E-state index in [1.807, 2.05) is 0 Å². The van der Waals surface area contributed by atoms with Crippen molar-refractivity contribution in [1.29, 1.82) is 0 Å². The Morgan fingerprint density at radius 3 is 2.64 bits per heavy atom. The lowest BCUT2D eigenvalue weighted by Crippen LogP contribution is -2.43. The molecule has 1 unspecified atom stereocenters. The third-order valence-corrected chi connectivity index (χ3v) is 3.34. The summed E-state index contributed by atoms with van der Waals surface area (Å²) in [6, 6.07) is 0.736. The number of ether oxygens (including phenoxy) is 1. The van der Waals surface area contributed by atoms with Crippen LogP contribution in [0.25, 0.3) is 0 Å². The monoisotopic (exact) mass is 199 g/mol. The summed E-state index contributed by atoms with van der Waals surface area (Å²) >= 11 is 0. The van der Waals surface area contributed by atoms with Gasteiger partial charge < -0.3 is 15.2 Å². The third kappa shape index (κ3) is 2.27. The van der Waals surface area contributed by atoms with Crippen LogP contribution >= 0.6 is 0 Å². The molecule has 0 amide bonds. The van der Waals surface area contributed by atoms with Gasteiger partial charge in [0.25, 0.3) is 0 Å². The maximum atomic E-state index is 9.68. The standard InChI is InChI=1S/C11H21NO2/c1-11(2)6-8(7-14-11)12-9-4-3-5-10(9)13/h8-10,12-13H,3-7H2,1-2H3/t8?,9-,10-/m0/s1. The van der Waals surface area contributed by atoms with Gasteiger partial charge in [-0.2, -0.15) is 0 Å². The summed E-state index contributed by atoms with van der Waals surface area (Å²) in [7, 11) is 0. The van der Waals surface area contributed by atoms with E-state index in [9.17, 15) is 5.11 Å². The van der Waals surface area contributed by atoms with Crippen LogP contribution < -0.4 is 5.32 Å². The third-order valence-electron chi connectivity index (χ3n) is 3.34. The Hall–Kier alpha value is -0.120. The quantitative estimate of drug-likeness (QED) is 0.698. The first-order valence-corrected chi connectivity index (χ1v) is 5.65. The normalized spacial score (nSPS) is 41.8. The zero-order valence-electron chi connectivity index (χ0n) is 9.12. The molecule has 0 aromatic carbocycles. The van der Waals surface area contributed by atoms with E-state index in [1.54, 1.807) is 0 Å². The van der Waals surface area contributed by atoms with E-state index in [-0.39, 0.29) is 11.7 Å². The molecular weight excluding hydrogens is 178 g/mol. The molecule has 0 aromatic heterocycles. The maximum Gasteiger partial charge on any atom is 0.0693 e. The molecule has 1 aliphatic heterocycles. The fraction of sp³-hybridized carbons (Fsp3) is 1.00. The first-order chi connectivity index (χ1) is 6.57. The number of hydrogen-bond acceptors (Lipinski definition) is 3. The van der Waals surface area contributed by atoms with Gasteiger partial charge in [0.05, 0.1) is 18.3 Å². The van der Waals surface area contributed by atoms with Crippen molar-refractivity contribution in [3.63, 3.8) is 0 Å². The molecular formula is C11H21NO2. The van der Waals surface area contributed by atoms with E-state index in [0.29, 0.717) is 12.1 Å². The summed E-state index contributed by atoms with van der Waals surface area (Å²) < 4.78 is 5.65. The zero-order valence-corrected chi connectivity index (χ0v) is 9.12. The van der Waals surface area contributed by atoms with E-state index in [2.05, 4.69) is 19.2 Å². The molecule has 0 radical (unpaired) electrons. The lowest BCUT2D eigenvalue weighted by atomic mass is 10.0. The first-order valence-electron chi connectivity index (χ1n) is 5.65. The van der Waals surface area contributed by atoms with Crippen LogP contribution in [-0.4, -0.2) is 35.5 Å². The molecule has 3 atom stereocenters. The van der Waals surface area contributed by atoms with Crippen molar-refractivity contribution in [1.82, 2.24) is 5.32 Å². The molecule has 1 heterocycles. The van der Waals surface area contributed by atoms with Crippen molar-refractivity contribution in [3.05, 3.63) is 0 Å². The molecule has 0 bridgehead atoms. The Labute approximate surface area is 85.8 Å². The van der Waals surface area contributed by atoms with E-state index in [1.165, 1.54) is 0 Å². The van der Waals surface area contributed by atoms with Crippen molar-refractivity contribution >= 4 is 0 Å². The molecule has 1 aliphatic carbocycles. The predicted molar refractivity (Wildman–Crippen MR) is 55.2 cm³/mol. The van der Waals surface area contributed by atoms with Gasteiger partial charge in [-0.15, -0.1) is 0 Å². The van der Waals surface area contributed by atoms with Gasteiger partial charge in [-0.05, 0) is 39.5 Å². The fourth-order valence-electron chi connectivity index (χ4n) is 2.58. The van der Waals surface area contributed by atoms with Crippen LogP contribution in [0.2, 0.25) is 0 Å². The highest BCUT2D eigenvalue weighted by molar-refractivity contribution is 4.91. The molecule has 2 aliphatic rings. The molecule has 2 rings (SSSR count). The Kier molecular flexibility index (Phi) is 2.82. The minimum atomic E-state index is -0.140. The number of aliphatic hydroxyl groups excluding tert-OH is 1. The average Bonchev–Trinajstić information content (AvgIpc) is 2.61. The summed E-state index contributed by atoms with van der Waals surface area (Å²) in [6.45, 7) is 5.04. The summed E-state index contributed by atoms with van der Waals surface area (Å²) in [5.41, 5.74) is 0.0151. The average molecular weight is 199 g/mol. The van der Waals surface area contributed by atoms with Crippen molar-refractivity contribution in [2.75, 3.05) is 6.61 Å². The van der Waals surface area contributed by atoms with E-state index < -0.39 is 0 Å². The molecule has 14 heavy (non-hydrogen) atoms. The van der Waals surface area contributed by atoms with Crippen LogP contribution in [0.5, 0.6) is 0 Å². The summed E-state index contributed by atoms with van der Waals surface area (Å²) in [4.78, 5) is 0. The molecule has 1 saturated heterocycles. The van der Waals surface area contributed by atoms with Crippen molar-refractivity contribution in [3.8, 4) is 0 Å². The van der Waals surface area contributed by atoms with Gasteiger partial charge >= 0.3 is 0 Å². The van der Waals surface area contributed by atoms with Gasteiger partial charge in [-0.3, -0.25) is 0 Å². The van der Waals surface area contributed by atoms with Crippen molar-refractivity contribution in [2.45, 2.75) is 63.3 Å². The molecule has 3 nitrogen and oxygen atoms in total. The predicted octanol–water partition coefficient (Wildman–Crippen LogP) is 1.06. The second-order valence-electron chi connectivity index (χ2n) is 5.24. The van der Waals surface area contributed by atoms with Crippen LogP contribution in [-0.2, 0) is 4.74 Å². The van der Waals surface area contributed by atoms with Crippen molar-refractivity contribution < 1.29 is 9.84 Å². The molecule has 2 fully saturated rings. The topological polar surface area (TPSA) is 41.5 Å². The Morgan fingerprint density at radius 1 is 1.36 bits per heavy atom. The van der Waals surface area contributed by atoms with Crippen molar-refractivity contribution in [2.24, 2.45) is 0 Å². The Morgan fingerprint density at radius 2 is 2.14 bits per heavy atom. The Bertz CT molecular complexity index is 205. The van der Waals surface area contributed by atoms with E-state index >= 15 is 0 Å². The van der Waals surface area contributed by atoms with Crippen LogP contribution in [0, 0.1) is 0 Å². The minimum Gasteiger partial charge on any atom is -0.392 e. The van der Waals surface area contributed by atoms with Gasteiger partial charge in [0.2, 0.25) is 0 Å². The minimum absolute atomic E-state index is 0.0151. The van der Waals surface area contributed by atoms with E-state index in [4.69, 9.17) is 4.74 Å². The summed E-state index contributed by atoms with van der Waals surface area (Å²) in [6.07, 6.45) is 4.12. The van der Waals surface area contributed by atoms with Crippen LogP contribution in [0.1, 0.15) is 39.5 Å². The van der Waals surface area contributed by atoms with Gasteiger partial charge in [0.15, 0.2) is 0 Å². The fourth-order valence-corrected chi connectivity index (χ4v) is 2.58. The van der Waals surface area contributed by atoms with E-state index in [0.717, 1.165) is 32.3 Å². The van der Waals surface area contributed by atoms with Gasteiger partial charge in [0, 0.05) is 12.1 Å². The highest BCUT2D eigenvalue weighted by atomic mass is 16.5. The van der Waals surface area contributed by atoms with Gasteiger partial charge in [-0.25, -0.2) is 0 Å². The highest BCUT2D eigenvalue weighted by Crippen LogP contribution is 2.27. The number of nitrogens with one attached hydrogen (secondary N) is 1. The number of aliphatic hydroxyl groups is 1. The lowest BCUT2D eigenvalue weighted by Gasteiger charge is -2.21. The van der Waals surface area contributed by atoms with Gasteiger partial charge in [0.1, 0.15) is 0 Å². The lowest BCUT2D eigenvalue weighted by molar-refractivity contribution is 0.0352. The molecule has 1 saturated carbocycles. The summed E-state index contributed by atoms with van der Waals surface area (Å²) in [5, 5.41) is 13.2. The second kappa shape index (κ2) is 3.80. The molecule has 0 spiro atoms. The van der Waals surface area contributed by atoms with Crippen LogP contribution in [0.3, 0.4) is 0 Å². The molecule has 3 heteroatoms. The number of rotatable bonds is 2. The number of hydrogen-bond donors (Lipinski definition) is 2. The molecule has 82 valence electrons. The highest BCUT2D eigenvalue weighted by Gasteiger charge is 2.35. The maximum absolute atomic E-state index is 9.68. The molecule has 0 aromatic rings. The van der Waals surface area contributed by atoms with Crippen LogP contribution in [0.4, 0.5) is 0 Å². The SMILES string of the molecule is CC1(C)CC(N[C@H]2CCC[C@@H]2O)CO1. The van der Waals surface area contributed by atoms with Crippen LogP contribution in [0.15, 0.2) is 0 Å². The smallest absolute Gasteiger partial charge is 0.0693 e. The molecule has 2 N–H and O–H groups in total. The Balaban J connectivity index is 1.81.